The standard InChI is InChI=1S/C19H22FN/c1-14(15-7-8-15)13-21-19(16-5-3-2-4-6-16)17-9-11-18(20)12-10-17/h2-6,9-12,14-15,19,21H,7-8,13H2,1H3. The fourth-order valence-corrected chi connectivity index (χ4v) is 2.86. The lowest BCUT2D eigenvalue weighted by atomic mass is 9.97. The second kappa shape index (κ2) is 6.40. The Kier molecular flexibility index (Phi) is 4.35. The SMILES string of the molecule is CC(CNC(c1ccccc1)c1ccc(F)cc1)C1CC1. The van der Waals surface area contributed by atoms with Crippen LogP contribution in [0.25, 0.3) is 0 Å². The number of nitrogens with one attached hydrogen (secondary N) is 1. The largest absolute Gasteiger partial charge is 0.306 e. The first-order valence-corrected chi connectivity index (χ1v) is 7.78. The van der Waals surface area contributed by atoms with Crippen molar-refractivity contribution in [3.8, 4) is 0 Å². The molecule has 1 saturated carbocycles. The molecule has 0 aromatic heterocycles. The van der Waals surface area contributed by atoms with Gasteiger partial charge in [-0.2, -0.15) is 0 Å². The number of hydrogen-bond acceptors (Lipinski definition) is 1. The van der Waals surface area contributed by atoms with Gasteiger partial charge in [0, 0.05) is 0 Å². The van der Waals surface area contributed by atoms with Gasteiger partial charge in [-0.3, -0.25) is 0 Å². The van der Waals surface area contributed by atoms with Gasteiger partial charge in [0.25, 0.3) is 0 Å². The van der Waals surface area contributed by atoms with Crippen molar-refractivity contribution >= 4 is 0 Å². The van der Waals surface area contributed by atoms with Crippen molar-refractivity contribution in [2.45, 2.75) is 25.8 Å². The molecular weight excluding hydrogens is 261 g/mol. The molecular formula is C19H22FN. The molecule has 1 aliphatic carbocycles. The maximum Gasteiger partial charge on any atom is 0.123 e. The molecule has 2 heteroatoms. The molecule has 2 unspecified atom stereocenters. The second-order valence-corrected chi connectivity index (χ2v) is 6.12. The summed E-state index contributed by atoms with van der Waals surface area (Å²) in [4.78, 5) is 0. The number of halogens is 1. The molecule has 0 heterocycles. The highest BCUT2D eigenvalue weighted by Crippen LogP contribution is 2.36. The summed E-state index contributed by atoms with van der Waals surface area (Å²) in [5, 5.41) is 3.67. The molecule has 110 valence electrons. The van der Waals surface area contributed by atoms with E-state index in [9.17, 15) is 4.39 Å². The van der Waals surface area contributed by atoms with Crippen LogP contribution in [0.1, 0.15) is 36.9 Å². The first-order valence-electron chi connectivity index (χ1n) is 7.78. The predicted octanol–water partition coefficient (Wildman–Crippen LogP) is 4.55. The zero-order valence-electron chi connectivity index (χ0n) is 12.4. The van der Waals surface area contributed by atoms with Crippen LogP contribution in [0, 0.1) is 17.7 Å². The third-order valence-corrected chi connectivity index (χ3v) is 4.41. The van der Waals surface area contributed by atoms with Crippen molar-refractivity contribution in [3.63, 3.8) is 0 Å². The smallest absolute Gasteiger partial charge is 0.123 e. The van der Waals surface area contributed by atoms with Gasteiger partial charge in [-0.05, 0) is 54.5 Å². The molecule has 1 aliphatic rings. The molecule has 3 rings (SSSR count). The maximum atomic E-state index is 13.2. The summed E-state index contributed by atoms with van der Waals surface area (Å²) in [6.07, 6.45) is 2.74. The lowest BCUT2D eigenvalue weighted by molar-refractivity contribution is 0.441. The van der Waals surface area contributed by atoms with E-state index in [2.05, 4.69) is 36.5 Å². The van der Waals surface area contributed by atoms with Crippen molar-refractivity contribution in [1.29, 1.82) is 0 Å². The molecule has 0 bridgehead atoms. The fourth-order valence-electron chi connectivity index (χ4n) is 2.86. The monoisotopic (exact) mass is 283 g/mol. The average Bonchev–Trinajstić information content (AvgIpc) is 3.35. The van der Waals surface area contributed by atoms with Gasteiger partial charge in [0.2, 0.25) is 0 Å². The Labute approximate surface area is 126 Å². The van der Waals surface area contributed by atoms with Crippen LogP contribution in [-0.4, -0.2) is 6.54 Å². The van der Waals surface area contributed by atoms with E-state index in [1.54, 1.807) is 0 Å². The highest BCUT2D eigenvalue weighted by Gasteiger charge is 2.28. The molecule has 2 aromatic carbocycles. The molecule has 1 N–H and O–H groups in total. The van der Waals surface area contributed by atoms with Crippen LogP contribution in [0.4, 0.5) is 4.39 Å². The summed E-state index contributed by atoms with van der Waals surface area (Å²) in [6, 6.07) is 17.4. The highest BCUT2D eigenvalue weighted by atomic mass is 19.1. The number of hydrogen-bond donors (Lipinski definition) is 1. The molecule has 1 nitrogen and oxygen atoms in total. The molecule has 2 atom stereocenters. The first-order chi connectivity index (χ1) is 10.2. The topological polar surface area (TPSA) is 12.0 Å². The van der Waals surface area contributed by atoms with E-state index in [0.29, 0.717) is 5.92 Å². The normalized spacial score (nSPS) is 17.4. The minimum Gasteiger partial charge on any atom is -0.306 e. The van der Waals surface area contributed by atoms with Crippen LogP contribution in [0.3, 0.4) is 0 Å². The summed E-state index contributed by atoms with van der Waals surface area (Å²) in [6.45, 7) is 3.32. The molecule has 1 fully saturated rings. The second-order valence-electron chi connectivity index (χ2n) is 6.12. The van der Waals surface area contributed by atoms with E-state index in [1.165, 1.54) is 30.5 Å². The molecule has 0 spiro atoms. The van der Waals surface area contributed by atoms with E-state index in [1.807, 2.05) is 18.2 Å². The van der Waals surface area contributed by atoms with Gasteiger partial charge < -0.3 is 5.32 Å². The Bertz CT molecular complexity index is 560. The van der Waals surface area contributed by atoms with Crippen LogP contribution in [0.15, 0.2) is 54.6 Å². The van der Waals surface area contributed by atoms with E-state index < -0.39 is 0 Å². The van der Waals surface area contributed by atoms with Gasteiger partial charge in [0.15, 0.2) is 0 Å². The quantitative estimate of drug-likeness (QED) is 0.820. The van der Waals surface area contributed by atoms with Crippen molar-refractivity contribution < 1.29 is 4.39 Å². The van der Waals surface area contributed by atoms with Crippen LogP contribution in [0.2, 0.25) is 0 Å². The molecule has 2 aromatic rings. The van der Waals surface area contributed by atoms with Crippen LogP contribution in [0.5, 0.6) is 0 Å². The average molecular weight is 283 g/mol. The Morgan fingerprint density at radius 2 is 1.62 bits per heavy atom. The van der Waals surface area contributed by atoms with Gasteiger partial charge in [-0.1, -0.05) is 49.4 Å². The molecule has 0 radical (unpaired) electrons. The van der Waals surface area contributed by atoms with E-state index in [4.69, 9.17) is 0 Å². The van der Waals surface area contributed by atoms with Crippen LogP contribution < -0.4 is 5.32 Å². The van der Waals surface area contributed by atoms with Crippen LogP contribution >= 0.6 is 0 Å². The fraction of sp³-hybridized carbons (Fsp3) is 0.368. The van der Waals surface area contributed by atoms with Crippen molar-refractivity contribution in [1.82, 2.24) is 5.32 Å². The maximum absolute atomic E-state index is 13.2. The number of rotatable bonds is 6. The van der Waals surface area contributed by atoms with E-state index in [0.717, 1.165) is 18.0 Å². The Morgan fingerprint density at radius 3 is 2.24 bits per heavy atom. The summed E-state index contributed by atoms with van der Waals surface area (Å²) in [5.74, 6) is 1.41. The van der Waals surface area contributed by atoms with E-state index >= 15 is 0 Å². The Hall–Kier alpha value is -1.67. The summed E-state index contributed by atoms with van der Waals surface area (Å²) < 4.78 is 13.2. The molecule has 0 aliphatic heterocycles. The summed E-state index contributed by atoms with van der Waals surface area (Å²) in [7, 11) is 0. The minimum atomic E-state index is -0.183. The van der Waals surface area contributed by atoms with Crippen molar-refractivity contribution in [2.24, 2.45) is 11.8 Å². The molecule has 0 saturated heterocycles. The predicted molar refractivity (Wildman–Crippen MR) is 84.6 cm³/mol. The third kappa shape index (κ3) is 3.70. The Morgan fingerprint density at radius 1 is 1.00 bits per heavy atom. The zero-order valence-corrected chi connectivity index (χ0v) is 12.4. The summed E-state index contributed by atoms with van der Waals surface area (Å²) in [5.41, 5.74) is 2.35. The lowest BCUT2D eigenvalue weighted by Gasteiger charge is -2.22. The van der Waals surface area contributed by atoms with Crippen LogP contribution in [-0.2, 0) is 0 Å². The number of benzene rings is 2. The molecule has 0 amide bonds. The zero-order chi connectivity index (χ0) is 14.7. The van der Waals surface area contributed by atoms with Gasteiger partial charge in [-0.25, -0.2) is 4.39 Å². The van der Waals surface area contributed by atoms with Gasteiger partial charge in [0.05, 0.1) is 6.04 Å². The summed E-state index contributed by atoms with van der Waals surface area (Å²) >= 11 is 0. The minimum absolute atomic E-state index is 0.132. The van der Waals surface area contributed by atoms with Gasteiger partial charge in [-0.15, -0.1) is 0 Å². The highest BCUT2D eigenvalue weighted by molar-refractivity contribution is 5.31. The van der Waals surface area contributed by atoms with Crippen molar-refractivity contribution in [3.05, 3.63) is 71.5 Å². The van der Waals surface area contributed by atoms with Gasteiger partial charge >= 0.3 is 0 Å². The van der Waals surface area contributed by atoms with Gasteiger partial charge in [0.1, 0.15) is 5.82 Å². The lowest BCUT2D eigenvalue weighted by Crippen LogP contribution is -2.28. The third-order valence-electron chi connectivity index (χ3n) is 4.41. The first kappa shape index (κ1) is 14.3. The van der Waals surface area contributed by atoms with E-state index in [-0.39, 0.29) is 11.9 Å². The molecule has 21 heavy (non-hydrogen) atoms. The Balaban J connectivity index is 1.78. The van der Waals surface area contributed by atoms with Crippen molar-refractivity contribution in [2.75, 3.05) is 6.54 Å².